The Morgan fingerprint density at radius 1 is 1.03 bits per heavy atom. The quantitative estimate of drug-likeness (QED) is 0.725. The molecule has 182 valence electrons. The van der Waals surface area contributed by atoms with E-state index in [1.807, 2.05) is 19.1 Å². The minimum atomic E-state index is -0.239. The molecule has 0 spiro atoms. The summed E-state index contributed by atoms with van der Waals surface area (Å²) in [5.41, 5.74) is 4.85. The summed E-state index contributed by atoms with van der Waals surface area (Å²) in [6, 6.07) is 12.9. The van der Waals surface area contributed by atoms with Crippen LogP contribution in [0.2, 0.25) is 0 Å². The fraction of sp³-hybridized carbons (Fsp3) is 0.462. The molecule has 8 nitrogen and oxygen atoms in total. The molecule has 0 radical (unpaired) electrons. The molecular formula is C26H35N5O3. The average Bonchev–Trinajstić information content (AvgIpc) is 2.97. The van der Waals surface area contributed by atoms with Crippen molar-refractivity contribution in [1.82, 2.24) is 15.6 Å². The van der Waals surface area contributed by atoms with Gasteiger partial charge in [-0.2, -0.15) is 5.10 Å². The van der Waals surface area contributed by atoms with Crippen molar-refractivity contribution in [1.29, 1.82) is 0 Å². The van der Waals surface area contributed by atoms with Gasteiger partial charge in [0.25, 0.3) is 0 Å². The number of fused-ring (bicyclic) bond motifs is 1. The van der Waals surface area contributed by atoms with E-state index in [9.17, 15) is 4.79 Å². The molecule has 0 saturated carbocycles. The molecule has 4 rings (SSSR count). The summed E-state index contributed by atoms with van der Waals surface area (Å²) >= 11 is 0. The maximum Gasteiger partial charge on any atom is 0.337 e. The summed E-state index contributed by atoms with van der Waals surface area (Å²) in [5.74, 6) is 1.30. The Hall–Kier alpha value is -3.26. The second kappa shape index (κ2) is 9.93. The zero-order valence-corrected chi connectivity index (χ0v) is 20.9. The molecule has 0 bridgehead atoms. The summed E-state index contributed by atoms with van der Waals surface area (Å²) in [6.45, 7) is 8.35. The molecule has 2 aromatic rings. The lowest BCUT2D eigenvalue weighted by Crippen LogP contribution is -2.54. The Morgan fingerprint density at radius 3 is 2.24 bits per heavy atom. The van der Waals surface area contributed by atoms with Crippen molar-refractivity contribution >= 4 is 17.4 Å². The van der Waals surface area contributed by atoms with Gasteiger partial charge in [0.15, 0.2) is 11.5 Å². The Labute approximate surface area is 201 Å². The number of urea groups is 1. The number of hydrazone groups is 1. The van der Waals surface area contributed by atoms with E-state index in [0.29, 0.717) is 30.0 Å². The van der Waals surface area contributed by atoms with Crippen LogP contribution in [0.25, 0.3) is 0 Å². The van der Waals surface area contributed by atoms with Gasteiger partial charge in [-0.15, -0.1) is 0 Å². The van der Waals surface area contributed by atoms with E-state index >= 15 is 0 Å². The van der Waals surface area contributed by atoms with E-state index in [0.717, 1.165) is 35.5 Å². The molecule has 2 N–H and O–H groups in total. The highest BCUT2D eigenvalue weighted by Crippen LogP contribution is 2.35. The summed E-state index contributed by atoms with van der Waals surface area (Å²) in [6.07, 6.45) is 0.644. The zero-order chi connectivity index (χ0) is 24.4. The number of anilines is 1. The van der Waals surface area contributed by atoms with E-state index < -0.39 is 0 Å². The first-order valence-electron chi connectivity index (χ1n) is 11.8. The Balaban J connectivity index is 1.78. The van der Waals surface area contributed by atoms with Crippen LogP contribution in [-0.2, 0) is 6.42 Å². The van der Waals surface area contributed by atoms with Gasteiger partial charge in [0.1, 0.15) is 0 Å². The topological polar surface area (TPSA) is 78.4 Å². The third-order valence-electron chi connectivity index (χ3n) is 6.49. The highest BCUT2D eigenvalue weighted by atomic mass is 16.5. The van der Waals surface area contributed by atoms with Crippen molar-refractivity contribution in [2.24, 2.45) is 5.10 Å². The molecule has 34 heavy (non-hydrogen) atoms. The van der Waals surface area contributed by atoms with E-state index in [1.54, 1.807) is 21.3 Å². The van der Waals surface area contributed by atoms with Crippen molar-refractivity contribution in [3.63, 3.8) is 0 Å². The van der Waals surface area contributed by atoms with Gasteiger partial charge in [-0.3, -0.25) is 0 Å². The van der Waals surface area contributed by atoms with Gasteiger partial charge in [0.2, 0.25) is 0 Å². The van der Waals surface area contributed by atoms with Gasteiger partial charge in [-0.05, 0) is 57.0 Å². The molecular weight excluding hydrogens is 430 g/mol. The number of carbonyl (C=O) groups excluding carboxylic acids is 1. The number of nitrogens with one attached hydrogen (secondary N) is 2. The Kier molecular flexibility index (Phi) is 6.97. The number of hydrogen-bond donors (Lipinski definition) is 2. The van der Waals surface area contributed by atoms with Crippen molar-refractivity contribution in [2.75, 3.05) is 39.3 Å². The second-order valence-corrected chi connectivity index (χ2v) is 9.19. The molecule has 0 unspecified atom stereocenters. The number of benzene rings is 2. The normalized spacial score (nSPS) is 22.4. The van der Waals surface area contributed by atoms with Crippen molar-refractivity contribution in [3.05, 3.63) is 53.1 Å². The van der Waals surface area contributed by atoms with Crippen LogP contribution in [0.1, 0.15) is 37.5 Å². The lowest BCUT2D eigenvalue weighted by Gasteiger charge is -2.37. The average molecular weight is 466 g/mol. The lowest BCUT2D eigenvalue weighted by atomic mass is 9.94. The first kappa shape index (κ1) is 23.9. The predicted molar refractivity (Wildman–Crippen MR) is 135 cm³/mol. The molecule has 2 aliphatic heterocycles. The number of ether oxygens (including phenoxy) is 2. The first-order valence-corrected chi connectivity index (χ1v) is 11.8. The van der Waals surface area contributed by atoms with Gasteiger partial charge < -0.3 is 25.0 Å². The third kappa shape index (κ3) is 4.68. The molecule has 3 atom stereocenters. The smallest absolute Gasteiger partial charge is 0.337 e. The second-order valence-electron chi connectivity index (χ2n) is 9.19. The minimum Gasteiger partial charge on any atom is -0.493 e. The van der Waals surface area contributed by atoms with Crippen LogP contribution >= 0.6 is 0 Å². The van der Waals surface area contributed by atoms with E-state index in [1.165, 1.54) is 10.7 Å². The molecule has 0 aliphatic carbocycles. The van der Waals surface area contributed by atoms with Crippen LogP contribution in [0.5, 0.6) is 11.5 Å². The highest BCUT2D eigenvalue weighted by molar-refractivity contribution is 6.14. The number of hydrogen-bond acceptors (Lipinski definition) is 6. The number of amides is 2. The molecule has 2 heterocycles. The predicted octanol–water partition coefficient (Wildman–Crippen LogP) is 3.23. The Morgan fingerprint density at radius 2 is 1.65 bits per heavy atom. The van der Waals surface area contributed by atoms with E-state index in [4.69, 9.17) is 14.6 Å². The maximum atomic E-state index is 12.7. The monoisotopic (exact) mass is 465 g/mol. The van der Waals surface area contributed by atoms with Crippen LogP contribution in [0, 0.1) is 0 Å². The van der Waals surface area contributed by atoms with Gasteiger partial charge in [0, 0.05) is 49.0 Å². The molecule has 2 aromatic carbocycles. The molecule has 2 aliphatic rings. The van der Waals surface area contributed by atoms with Crippen LogP contribution in [0.3, 0.4) is 0 Å². The molecule has 0 aromatic heterocycles. The SMILES string of the molecule is CNC(=O)N1N=C(c2ccc(N3C[C@@H](C)N[C@@H](C)C3)cc2)c2cc(OC)c(OC)cc2C[C@@H]1C. The van der Waals surface area contributed by atoms with Gasteiger partial charge in [0.05, 0.1) is 26.0 Å². The molecule has 8 heteroatoms. The van der Waals surface area contributed by atoms with Crippen molar-refractivity contribution in [2.45, 2.75) is 45.3 Å². The maximum absolute atomic E-state index is 12.7. The van der Waals surface area contributed by atoms with Crippen molar-refractivity contribution < 1.29 is 14.3 Å². The summed E-state index contributed by atoms with van der Waals surface area (Å²) in [4.78, 5) is 15.1. The van der Waals surface area contributed by atoms with Gasteiger partial charge in [-0.1, -0.05) is 12.1 Å². The first-order chi connectivity index (χ1) is 16.3. The summed E-state index contributed by atoms with van der Waals surface area (Å²) in [7, 11) is 4.88. The molecule has 1 fully saturated rings. The highest BCUT2D eigenvalue weighted by Gasteiger charge is 2.28. The summed E-state index contributed by atoms with van der Waals surface area (Å²) < 4.78 is 11.1. The fourth-order valence-electron chi connectivity index (χ4n) is 4.92. The third-order valence-corrected chi connectivity index (χ3v) is 6.49. The van der Waals surface area contributed by atoms with Crippen LogP contribution in [0.15, 0.2) is 41.5 Å². The van der Waals surface area contributed by atoms with Crippen LogP contribution in [0.4, 0.5) is 10.5 Å². The standard InChI is InChI=1S/C26H35N5O3/c1-16-14-30(15-17(2)28-16)21-9-7-19(8-10-21)25-22-13-24(34-6)23(33-5)12-20(22)11-18(3)31(29-25)26(32)27-4/h7-10,12-13,16-18,28H,11,14-15H2,1-6H3,(H,27,32)/t16-,17+,18-/m0/s1. The fourth-order valence-corrected chi connectivity index (χ4v) is 4.92. The van der Waals surface area contributed by atoms with Gasteiger partial charge in [-0.25, -0.2) is 9.80 Å². The number of nitrogens with zero attached hydrogens (tertiary/aromatic N) is 3. The largest absolute Gasteiger partial charge is 0.493 e. The van der Waals surface area contributed by atoms with E-state index in [2.05, 4.69) is 53.6 Å². The van der Waals surface area contributed by atoms with Gasteiger partial charge >= 0.3 is 6.03 Å². The lowest BCUT2D eigenvalue weighted by molar-refractivity contribution is 0.184. The molecule has 1 saturated heterocycles. The minimum absolute atomic E-state index is 0.127. The van der Waals surface area contributed by atoms with E-state index in [-0.39, 0.29) is 12.1 Å². The summed E-state index contributed by atoms with van der Waals surface area (Å²) in [5, 5.41) is 12.7. The number of carbonyl (C=O) groups is 1. The van der Waals surface area contributed by atoms with Crippen molar-refractivity contribution in [3.8, 4) is 11.5 Å². The zero-order valence-electron chi connectivity index (χ0n) is 20.9. The number of piperazine rings is 1. The Bertz CT molecular complexity index is 1060. The van der Waals surface area contributed by atoms with Crippen LogP contribution < -0.4 is 25.0 Å². The number of rotatable bonds is 4. The number of methoxy groups -OCH3 is 2. The van der Waals surface area contributed by atoms with Crippen LogP contribution in [-0.4, -0.2) is 69.2 Å². The molecule has 2 amide bonds.